The molecule has 3 aliphatic rings. The van der Waals surface area contributed by atoms with Gasteiger partial charge in [0.25, 0.3) is 0 Å². The number of primary amides is 1. The van der Waals surface area contributed by atoms with Gasteiger partial charge in [-0.05, 0) is 97.3 Å². The summed E-state index contributed by atoms with van der Waals surface area (Å²) in [7, 11) is 2.68. The van der Waals surface area contributed by atoms with Crippen LogP contribution in [0.25, 0.3) is 0 Å². The Labute approximate surface area is 369 Å². The Bertz CT molecular complexity index is 1640. The summed E-state index contributed by atoms with van der Waals surface area (Å²) in [5, 5.41) is 19.7. The zero-order valence-electron chi connectivity index (χ0n) is 37.6. The van der Waals surface area contributed by atoms with Crippen LogP contribution in [-0.2, 0) is 38.4 Å². The molecule has 19 heteroatoms. The van der Waals surface area contributed by atoms with Crippen molar-refractivity contribution in [3.8, 4) is 0 Å². The van der Waals surface area contributed by atoms with Crippen molar-refractivity contribution in [2.24, 2.45) is 34.4 Å². The van der Waals surface area contributed by atoms with Crippen LogP contribution in [0.1, 0.15) is 127 Å². The van der Waals surface area contributed by atoms with Crippen molar-refractivity contribution in [1.82, 2.24) is 37.2 Å². The lowest BCUT2D eigenvalue weighted by Crippen LogP contribution is -2.62. The highest BCUT2D eigenvalue weighted by Crippen LogP contribution is 2.46. The molecule has 2 heterocycles. The van der Waals surface area contributed by atoms with Crippen molar-refractivity contribution in [2.45, 2.75) is 179 Å². The maximum atomic E-state index is 14.5. The standard InChI is InChI=1S/C42H71N9O8S2/c1-22(2)18-30-37(56)50-31(19-27-21-45-34-23(3)14-13-15-28(27)34)38(57)48-29(16-11-12-17-44-25(5)52)36(55)46-24(4)41(7,8)60-61-42(9,10)35(47-26(6)53)40(59)51-32(20-33(43)54)39(58)49-30/h21-24,27-32,34-35H,11-20H2,1-10H3,(H2,43,54)(H,44,52)(H,46,55)(H,47,53)(H,48,57)(H,49,58)(H,50,56)(H,51,59)/t23?,24-,27?,28?,29+,30+,31+,32+,34?,35-/m1/s1. The van der Waals surface area contributed by atoms with E-state index in [9.17, 15) is 38.4 Å². The van der Waals surface area contributed by atoms with Gasteiger partial charge in [0.1, 0.15) is 30.2 Å². The minimum absolute atomic E-state index is 0.106. The van der Waals surface area contributed by atoms with E-state index in [1.54, 1.807) is 13.8 Å². The van der Waals surface area contributed by atoms with Gasteiger partial charge in [0.2, 0.25) is 47.3 Å². The SMILES string of the molecule is CC(=O)NCCCC[C@@H]1NC(=O)[C@H](CC2C=NC3C(C)CCCC23)NC(=O)[C@H](CC(C)C)NC(=O)[C@H](CC(N)=O)NC(=O)[C@@H](NC(C)=O)C(C)(C)SSC(C)(C)[C@@H](C)NC1=O. The van der Waals surface area contributed by atoms with E-state index >= 15 is 0 Å². The second kappa shape index (κ2) is 23.0. The van der Waals surface area contributed by atoms with Crippen LogP contribution in [0.2, 0.25) is 0 Å². The third-order valence-electron chi connectivity index (χ3n) is 11.8. The van der Waals surface area contributed by atoms with Crippen LogP contribution < -0.4 is 43.0 Å². The Hall–Kier alpha value is -3.87. The lowest BCUT2D eigenvalue weighted by molar-refractivity contribution is -0.136. The zero-order chi connectivity index (χ0) is 45.8. The summed E-state index contributed by atoms with van der Waals surface area (Å²) in [5.74, 6) is -4.53. The molecule has 0 bridgehead atoms. The van der Waals surface area contributed by atoms with Gasteiger partial charge in [0.05, 0.1) is 12.5 Å². The van der Waals surface area contributed by atoms with E-state index in [1.807, 2.05) is 40.8 Å². The summed E-state index contributed by atoms with van der Waals surface area (Å²) >= 11 is 0. The number of unbranched alkanes of at least 4 members (excludes halogenated alkanes) is 1. The van der Waals surface area contributed by atoms with E-state index < -0.39 is 93.5 Å². The van der Waals surface area contributed by atoms with Crippen LogP contribution in [0.15, 0.2) is 4.99 Å². The van der Waals surface area contributed by atoms with Gasteiger partial charge >= 0.3 is 0 Å². The van der Waals surface area contributed by atoms with E-state index in [0.29, 0.717) is 25.3 Å². The predicted octanol–water partition coefficient (Wildman–Crippen LogP) is 2.01. The second-order valence-electron chi connectivity index (χ2n) is 18.5. The van der Waals surface area contributed by atoms with E-state index in [2.05, 4.69) is 44.1 Å². The van der Waals surface area contributed by atoms with Gasteiger partial charge in [-0.15, -0.1) is 0 Å². The van der Waals surface area contributed by atoms with E-state index in [-0.39, 0.29) is 49.0 Å². The highest BCUT2D eigenvalue weighted by atomic mass is 33.1. The Morgan fingerprint density at radius 1 is 0.787 bits per heavy atom. The number of carbonyl (C=O) groups excluding carboxylic acids is 8. The lowest BCUT2D eigenvalue weighted by Gasteiger charge is -2.38. The molecule has 8 amide bonds. The maximum absolute atomic E-state index is 14.5. The third kappa shape index (κ3) is 15.8. The van der Waals surface area contributed by atoms with Gasteiger partial charge in [-0.25, -0.2) is 0 Å². The van der Waals surface area contributed by atoms with Gasteiger partial charge in [-0.3, -0.25) is 43.3 Å². The molecule has 10 atom stereocenters. The fourth-order valence-corrected chi connectivity index (χ4v) is 10.9. The first-order valence-electron chi connectivity index (χ1n) is 21.6. The minimum Gasteiger partial charge on any atom is -0.370 e. The zero-order valence-corrected chi connectivity index (χ0v) is 39.2. The van der Waals surface area contributed by atoms with Crippen LogP contribution in [-0.4, -0.2) is 112 Å². The number of hydrogen-bond donors (Lipinski definition) is 8. The van der Waals surface area contributed by atoms with Gasteiger partial charge in [0, 0.05) is 48.1 Å². The molecule has 2 aliphatic heterocycles. The summed E-state index contributed by atoms with van der Waals surface area (Å²) in [6, 6.07) is -6.42. The summed E-state index contributed by atoms with van der Waals surface area (Å²) in [4.78, 5) is 112. The van der Waals surface area contributed by atoms with Crippen LogP contribution in [0.4, 0.5) is 0 Å². The quantitative estimate of drug-likeness (QED) is 0.104. The Morgan fingerprint density at radius 3 is 1.98 bits per heavy atom. The summed E-state index contributed by atoms with van der Waals surface area (Å²) in [6.07, 6.45) is 5.92. The van der Waals surface area contributed by atoms with Crippen molar-refractivity contribution in [2.75, 3.05) is 6.54 Å². The molecule has 0 spiro atoms. The van der Waals surface area contributed by atoms with E-state index in [0.717, 1.165) is 19.3 Å². The number of fused-ring (bicyclic) bond motifs is 1. The molecule has 0 radical (unpaired) electrons. The number of nitrogens with zero attached hydrogens (tertiary/aromatic N) is 1. The van der Waals surface area contributed by atoms with Crippen molar-refractivity contribution < 1.29 is 38.4 Å². The molecule has 3 rings (SSSR count). The predicted molar refractivity (Wildman–Crippen MR) is 239 cm³/mol. The molecule has 2 fully saturated rings. The number of nitrogens with one attached hydrogen (secondary N) is 7. The van der Waals surface area contributed by atoms with Gasteiger partial charge in [0.15, 0.2) is 0 Å². The van der Waals surface area contributed by atoms with Crippen LogP contribution in [0.3, 0.4) is 0 Å². The highest BCUT2D eigenvalue weighted by molar-refractivity contribution is 8.77. The molecular formula is C42H71N9O8S2. The van der Waals surface area contributed by atoms with Gasteiger partial charge in [-0.1, -0.05) is 48.8 Å². The van der Waals surface area contributed by atoms with Crippen LogP contribution >= 0.6 is 21.6 Å². The van der Waals surface area contributed by atoms with Gasteiger partial charge in [-0.2, -0.15) is 0 Å². The molecule has 4 unspecified atom stereocenters. The molecule has 17 nitrogen and oxygen atoms in total. The molecule has 1 aliphatic carbocycles. The minimum atomic E-state index is -1.50. The van der Waals surface area contributed by atoms with Crippen LogP contribution in [0.5, 0.6) is 0 Å². The number of amides is 8. The number of rotatable bonds is 12. The van der Waals surface area contributed by atoms with Crippen molar-refractivity contribution >= 4 is 75.1 Å². The molecule has 344 valence electrons. The number of carbonyl (C=O) groups is 8. The average molecular weight is 894 g/mol. The summed E-state index contributed by atoms with van der Waals surface area (Å²) < 4.78 is -1.70. The monoisotopic (exact) mass is 893 g/mol. The van der Waals surface area contributed by atoms with Crippen LogP contribution in [0, 0.1) is 23.7 Å². The van der Waals surface area contributed by atoms with E-state index in [4.69, 9.17) is 10.7 Å². The summed E-state index contributed by atoms with van der Waals surface area (Å²) in [6.45, 7) is 18.1. The largest absolute Gasteiger partial charge is 0.370 e. The molecule has 0 aromatic carbocycles. The fourth-order valence-electron chi connectivity index (χ4n) is 8.00. The molecule has 61 heavy (non-hydrogen) atoms. The third-order valence-corrected chi connectivity index (χ3v) is 16.2. The van der Waals surface area contributed by atoms with Crippen molar-refractivity contribution in [3.63, 3.8) is 0 Å². The average Bonchev–Trinajstić information content (AvgIpc) is 3.57. The first kappa shape index (κ1) is 51.5. The Morgan fingerprint density at radius 2 is 1.36 bits per heavy atom. The molecule has 0 aromatic heterocycles. The van der Waals surface area contributed by atoms with Crippen molar-refractivity contribution in [1.29, 1.82) is 0 Å². The fraction of sp³-hybridized carbons (Fsp3) is 0.786. The highest BCUT2D eigenvalue weighted by Gasteiger charge is 2.44. The number of hydrogen-bond acceptors (Lipinski definition) is 11. The topological polar surface area (TPSA) is 259 Å². The number of aliphatic imine (C=N–C) groups is 1. The molecule has 1 saturated carbocycles. The number of nitrogens with two attached hydrogens (primary N) is 1. The molecule has 9 N–H and O–H groups in total. The van der Waals surface area contributed by atoms with Crippen molar-refractivity contribution in [3.05, 3.63) is 0 Å². The van der Waals surface area contributed by atoms with E-state index in [1.165, 1.54) is 35.4 Å². The molecule has 1 saturated heterocycles. The second-order valence-corrected chi connectivity index (χ2v) is 22.0. The lowest BCUT2D eigenvalue weighted by atomic mass is 9.73. The first-order chi connectivity index (χ1) is 28.4. The first-order valence-corrected chi connectivity index (χ1v) is 23.8. The van der Waals surface area contributed by atoms with Gasteiger partial charge < -0.3 is 43.0 Å². The Kier molecular flexibility index (Phi) is 19.4. The molecule has 0 aromatic rings. The Balaban J connectivity index is 2.11. The normalized spacial score (nSPS) is 31.4. The maximum Gasteiger partial charge on any atom is 0.244 e. The summed E-state index contributed by atoms with van der Waals surface area (Å²) in [5.41, 5.74) is 5.56. The smallest absolute Gasteiger partial charge is 0.244 e. The molecular weight excluding hydrogens is 823 g/mol.